The predicted octanol–water partition coefficient (Wildman–Crippen LogP) is 2.90. The van der Waals surface area contributed by atoms with Crippen molar-refractivity contribution in [2.45, 2.75) is 18.9 Å². The minimum Gasteiger partial charge on any atom is -0.465 e. The summed E-state index contributed by atoms with van der Waals surface area (Å²) >= 11 is 2.03. The molecular formula is C13H16IN3O5. The summed E-state index contributed by atoms with van der Waals surface area (Å²) in [4.78, 5) is 23.4. The lowest BCUT2D eigenvalue weighted by Crippen LogP contribution is -2.37. The third-order valence-electron chi connectivity index (χ3n) is 3.62. The molecule has 8 nitrogen and oxygen atoms in total. The number of methoxy groups -OCH3 is 1. The highest BCUT2D eigenvalue weighted by molar-refractivity contribution is 14.1. The van der Waals surface area contributed by atoms with E-state index < -0.39 is 11.0 Å². The Morgan fingerprint density at radius 2 is 2.14 bits per heavy atom. The fraction of sp³-hybridized carbons (Fsp3) is 0.462. The molecule has 2 N–H and O–H groups in total. The summed E-state index contributed by atoms with van der Waals surface area (Å²) in [5, 5.41) is 22.0. The number of benzene rings is 1. The molecule has 1 aromatic rings. The zero-order valence-electron chi connectivity index (χ0n) is 11.9. The molecule has 0 aliphatic carbocycles. The van der Waals surface area contributed by atoms with Crippen molar-refractivity contribution in [2.24, 2.45) is 0 Å². The van der Waals surface area contributed by atoms with Crippen LogP contribution in [0.1, 0.15) is 12.8 Å². The van der Waals surface area contributed by atoms with Crippen LogP contribution in [0.2, 0.25) is 0 Å². The highest BCUT2D eigenvalue weighted by Gasteiger charge is 2.24. The third-order valence-corrected chi connectivity index (χ3v) is 4.48. The molecule has 9 heteroatoms. The first kappa shape index (κ1) is 16.7. The number of rotatable bonds is 4. The Hall–Kier alpha value is -1.62. The minimum atomic E-state index is -1.33. The van der Waals surface area contributed by atoms with Crippen LogP contribution in [-0.4, -0.2) is 42.4 Å². The van der Waals surface area contributed by atoms with Crippen molar-refractivity contribution in [3.05, 3.63) is 25.8 Å². The molecule has 0 spiro atoms. The number of halogens is 1. The molecule has 0 aromatic heterocycles. The fourth-order valence-electron chi connectivity index (χ4n) is 2.49. The Kier molecular flexibility index (Phi) is 5.40. The van der Waals surface area contributed by atoms with Gasteiger partial charge in [0, 0.05) is 29.8 Å². The van der Waals surface area contributed by atoms with Crippen LogP contribution in [0.4, 0.5) is 21.9 Å². The number of carboxylic acid groups (broad SMARTS) is 1. The van der Waals surface area contributed by atoms with Gasteiger partial charge in [-0.15, -0.1) is 0 Å². The van der Waals surface area contributed by atoms with Crippen molar-refractivity contribution in [1.82, 2.24) is 0 Å². The van der Waals surface area contributed by atoms with Crippen molar-refractivity contribution in [1.29, 1.82) is 0 Å². The van der Waals surface area contributed by atoms with Crippen LogP contribution in [-0.2, 0) is 4.74 Å². The van der Waals surface area contributed by atoms with Gasteiger partial charge in [-0.3, -0.25) is 15.4 Å². The number of amides is 1. The van der Waals surface area contributed by atoms with E-state index in [1.165, 1.54) is 12.1 Å². The number of nitrogens with one attached hydrogen (secondary N) is 1. The third kappa shape index (κ3) is 3.77. The highest BCUT2D eigenvalue weighted by Crippen LogP contribution is 2.35. The van der Waals surface area contributed by atoms with E-state index in [1.807, 2.05) is 22.6 Å². The van der Waals surface area contributed by atoms with Gasteiger partial charge in [0.1, 0.15) is 5.69 Å². The normalized spacial score (nSPS) is 15.6. The van der Waals surface area contributed by atoms with Crippen LogP contribution in [0.25, 0.3) is 0 Å². The van der Waals surface area contributed by atoms with Crippen LogP contribution in [0.5, 0.6) is 0 Å². The Labute approximate surface area is 140 Å². The second-order valence-corrected chi connectivity index (χ2v) is 6.09. The van der Waals surface area contributed by atoms with Crippen molar-refractivity contribution in [3.8, 4) is 0 Å². The predicted molar refractivity (Wildman–Crippen MR) is 89.7 cm³/mol. The maximum absolute atomic E-state index is 11.1. The molecule has 2 rings (SSSR count). The van der Waals surface area contributed by atoms with Gasteiger partial charge in [-0.2, -0.15) is 0 Å². The SMILES string of the molecule is COC1CCN(c2cc(NC(=O)O)c([N+](=O)[O-])cc2I)CC1. The number of hydrogen-bond donors (Lipinski definition) is 2. The van der Waals surface area contributed by atoms with E-state index in [2.05, 4.69) is 10.2 Å². The largest absolute Gasteiger partial charge is 0.465 e. The van der Waals surface area contributed by atoms with Gasteiger partial charge in [0.2, 0.25) is 0 Å². The first-order chi connectivity index (χ1) is 10.4. The first-order valence-corrected chi connectivity index (χ1v) is 7.76. The van der Waals surface area contributed by atoms with E-state index in [1.54, 1.807) is 7.11 Å². The number of anilines is 2. The van der Waals surface area contributed by atoms with Gasteiger partial charge in [0.25, 0.3) is 5.69 Å². The number of nitrogens with zero attached hydrogens (tertiary/aromatic N) is 2. The minimum absolute atomic E-state index is 0.0122. The number of nitro benzene ring substituents is 1. The monoisotopic (exact) mass is 421 g/mol. The van der Waals surface area contributed by atoms with Crippen LogP contribution < -0.4 is 10.2 Å². The first-order valence-electron chi connectivity index (χ1n) is 6.68. The van der Waals surface area contributed by atoms with Crippen molar-refractivity contribution < 1.29 is 19.6 Å². The molecule has 0 unspecified atom stereocenters. The van der Waals surface area contributed by atoms with Gasteiger partial charge in [-0.1, -0.05) is 0 Å². The maximum atomic E-state index is 11.1. The van der Waals surface area contributed by atoms with Crippen molar-refractivity contribution in [3.63, 3.8) is 0 Å². The van der Waals surface area contributed by atoms with Crippen molar-refractivity contribution in [2.75, 3.05) is 30.4 Å². The maximum Gasteiger partial charge on any atom is 0.409 e. The summed E-state index contributed by atoms with van der Waals surface area (Å²) in [5.74, 6) is 0. The average molecular weight is 421 g/mol. The standard InChI is InChI=1S/C13H16IN3O5/c1-22-8-2-4-16(5-3-8)11-7-10(15-13(18)19)12(17(20)21)6-9(11)14/h6-8,15H,2-5H2,1H3,(H,18,19). The van der Waals surface area contributed by atoms with E-state index in [0.29, 0.717) is 0 Å². The van der Waals surface area contributed by atoms with Gasteiger partial charge in [-0.25, -0.2) is 4.79 Å². The summed E-state index contributed by atoms with van der Waals surface area (Å²) in [7, 11) is 1.69. The summed E-state index contributed by atoms with van der Waals surface area (Å²) in [6.45, 7) is 1.53. The van der Waals surface area contributed by atoms with Gasteiger partial charge < -0.3 is 14.7 Å². The number of hydrogen-bond acceptors (Lipinski definition) is 5. The molecule has 1 aliphatic rings. The van der Waals surface area contributed by atoms with E-state index in [0.717, 1.165) is 35.2 Å². The van der Waals surface area contributed by atoms with E-state index >= 15 is 0 Å². The molecule has 0 atom stereocenters. The van der Waals surface area contributed by atoms with Crippen molar-refractivity contribution >= 4 is 45.7 Å². The Balaban J connectivity index is 2.32. The van der Waals surface area contributed by atoms with Crippen LogP contribution in [0.15, 0.2) is 12.1 Å². The molecule has 0 radical (unpaired) electrons. The number of nitro groups is 1. The second-order valence-electron chi connectivity index (χ2n) is 4.93. The van der Waals surface area contributed by atoms with Gasteiger partial charge in [-0.05, 0) is 41.5 Å². The van der Waals surface area contributed by atoms with E-state index in [4.69, 9.17) is 9.84 Å². The number of piperidine rings is 1. The van der Waals surface area contributed by atoms with Crippen LogP contribution in [0, 0.1) is 13.7 Å². The Bertz CT molecular complexity index is 587. The molecule has 1 heterocycles. The molecule has 0 saturated carbocycles. The fourth-order valence-corrected chi connectivity index (χ4v) is 3.28. The van der Waals surface area contributed by atoms with Gasteiger partial charge >= 0.3 is 6.09 Å². The van der Waals surface area contributed by atoms with Gasteiger partial charge in [0.15, 0.2) is 0 Å². The van der Waals surface area contributed by atoms with Crippen LogP contribution in [0.3, 0.4) is 0 Å². The number of ether oxygens (including phenoxy) is 1. The molecule has 1 amide bonds. The molecule has 120 valence electrons. The van der Waals surface area contributed by atoms with Crippen LogP contribution >= 0.6 is 22.6 Å². The Morgan fingerprint density at radius 1 is 1.50 bits per heavy atom. The molecule has 0 bridgehead atoms. The summed E-state index contributed by atoms with van der Waals surface area (Å²) in [6, 6.07) is 2.92. The molecule has 1 fully saturated rings. The topological polar surface area (TPSA) is 105 Å². The molecular weight excluding hydrogens is 405 g/mol. The lowest BCUT2D eigenvalue weighted by Gasteiger charge is -2.33. The summed E-state index contributed by atoms with van der Waals surface area (Å²) < 4.78 is 6.04. The molecule has 22 heavy (non-hydrogen) atoms. The molecule has 1 aromatic carbocycles. The quantitative estimate of drug-likeness (QED) is 0.440. The Morgan fingerprint density at radius 3 is 2.64 bits per heavy atom. The summed E-state index contributed by atoms with van der Waals surface area (Å²) in [5.41, 5.74) is 0.536. The lowest BCUT2D eigenvalue weighted by molar-refractivity contribution is -0.384. The van der Waals surface area contributed by atoms with E-state index in [-0.39, 0.29) is 17.5 Å². The van der Waals surface area contributed by atoms with E-state index in [9.17, 15) is 14.9 Å². The highest BCUT2D eigenvalue weighted by atomic mass is 127. The second kappa shape index (κ2) is 7.09. The smallest absolute Gasteiger partial charge is 0.409 e. The lowest BCUT2D eigenvalue weighted by atomic mass is 10.1. The molecule has 1 saturated heterocycles. The molecule has 1 aliphatic heterocycles. The average Bonchev–Trinajstić information content (AvgIpc) is 2.48. The zero-order valence-corrected chi connectivity index (χ0v) is 14.1. The zero-order chi connectivity index (χ0) is 16.3. The summed E-state index contributed by atoms with van der Waals surface area (Å²) in [6.07, 6.45) is 0.633. The number of carbonyl (C=O) groups is 1. The van der Waals surface area contributed by atoms with Gasteiger partial charge in [0.05, 0.1) is 16.7 Å².